The number of benzene rings is 2. The van der Waals surface area contributed by atoms with Crippen molar-refractivity contribution in [2.75, 3.05) is 5.32 Å². The number of aliphatic carboxylic acids is 1. The van der Waals surface area contributed by atoms with E-state index in [0.29, 0.717) is 37.9 Å². The summed E-state index contributed by atoms with van der Waals surface area (Å²) in [5.74, 6) is -1.39. The fraction of sp³-hybridized carbons (Fsp3) is 0.375. The zero-order valence-corrected chi connectivity index (χ0v) is 18.0. The average Bonchev–Trinajstić information content (AvgIpc) is 2.79. The summed E-state index contributed by atoms with van der Waals surface area (Å²) >= 11 is 0. The zero-order chi connectivity index (χ0) is 23.2. The Hall–Kier alpha value is -3.23. The van der Waals surface area contributed by atoms with E-state index in [4.69, 9.17) is 5.21 Å². The predicted molar refractivity (Wildman–Crippen MR) is 121 cm³/mol. The molecule has 8 nitrogen and oxygen atoms in total. The minimum Gasteiger partial charge on any atom is -0.480 e. The van der Waals surface area contributed by atoms with Gasteiger partial charge in [0.15, 0.2) is 0 Å². The number of rotatable bonds is 14. The van der Waals surface area contributed by atoms with Crippen LogP contribution in [-0.2, 0) is 27.3 Å². The number of unbranched alkanes of at least 4 members (excludes halogenated alkanes) is 3. The Morgan fingerprint density at radius 1 is 0.812 bits per heavy atom. The van der Waals surface area contributed by atoms with Crippen LogP contribution in [0.2, 0.25) is 0 Å². The summed E-state index contributed by atoms with van der Waals surface area (Å²) in [4.78, 5) is 34.7. The number of anilines is 1. The van der Waals surface area contributed by atoms with Crippen LogP contribution in [0, 0.1) is 0 Å². The topological polar surface area (TPSA) is 128 Å². The monoisotopic (exact) mass is 441 g/mol. The highest BCUT2D eigenvalue weighted by molar-refractivity contribution is 5.90. The second-order valence-corrected chi connectivity index (χ2v) is 7.66. The first-order chi connectivity index (χ1) is 15.5. The molecule has 2 aromatic carbocycles. The molecule has 0 aliphatic carbocycles. The Balaban J connectivity index is 1.75. The van der Waals surface area contributed by atoms with Crippen molar-refractivity contribution >= 4 is 23.5 Å². The predicted octanol–water partition coefficient (Wildman–Crippen LogP) is 3.26. The normalized spacial score (nSPS) is 11.5. The van der Waals surface area contributed by atoms with E-state index in [1.54, 1.807) is 11.5 Å². The van der Waals surface area contributed by atoms with Crippen LogP contribution >= 0.6 is 0 Å². The first kappa shape index (κ1) is 25.0. The molecule has 5 N–H and O–H groups in total. The van der Waals surface area contributed by atoms with Crippen LogP contribution in [0.25, 0.3) is 0 Å². The highest BCUT2D eigenvalue weighted by Gasteiger charge is 2.17. The first-order valence-corrected chi connectivity index (χ1v) is 10.8. The maximum atomic E-state index is 12.2. The number of amides is 2. The summed E-state index contributed by atoms with van der Waals surface area (Å²) in [6.45, 7) is 0.370. The molecule has 0 aromatic heterocycles. The van der Waals surface area contributed by atoms with Gasteiger partial charge in [0, 0.05) is 25.1 Å². The third-order valence-electron chi connectivity index (χ3n) is 5.03. The van der Waals surface area contributed by atoms with E-state index in [1.165, 1.54) is 0 Å². The number of hydroxylamine groups is 1. The molecule has 0 bridgehead atoms. The molecule has 0 fully saturated rings. The molecule has 0 saturated heterocycles. The standard InChI is InChI=1S/C24H31N3O5/c28-22(13-6-1-2-7-14-23(29)27-32)26-20-12-8-11-19(15-20)17-25-21(24(30)31)16-18-9-4-3-5-10-18/h3-5,8-12,15,21,25,32H,1-2,6-7,13-14,16-17H2,(H,26,28)(H,27,29)(H,30,31). The highest BCUT2D eigenvalue weighted by atomic mass is 16.5. The minimum atomic E-state index is -0.907. The van der Waals surface area contributed by atoms with Crippen LogP contribution in [0.1, 0.15) is 49.7 Å². The highest BCUT2D eigenvalue weighted by Crippen LogP contribution is 2.13. The van der Waals surface area contributed by atoms with Crippen molar-refractivity contribution in [2.45, 2.75) is 57.5 Å². The number of carboxylic acid groups (broad SMARTS) is 1. The molecular weight excluding hydrogens is 410 g/mol. The Kier molecular flexibility index (Phi) is 10.9. The minimum absolute atomic E-state index is 0.0873. The fourth-order valence-corrected chi connectivity index (χ4v) is 3.30. The van der Waals surface area contributed by atoms with Gasteiger partial charge in [-0.3, -0.25) is 19.6 Å². The molecule has 172 valence electrons. The Morgan fingerprint density at radius 3 is 2.12 bits per heavy atom. The second kappa shape index (κ2) is 14.0. The lowest BCUT2D eigenvalue weighted by Gasteiger charge is -2.15. The first-order valence-electron chi connectivity index (χ1n) is 10.8. The molecule has 0 radical (unpaired) electrons. The van der Waals surface area contributed by atoms with Crippen LogP contribution < -0.4 is 16.1 Å². The van der Waals surface area contributed by atoms with Gasteiger partial charge in [-0.05, 0) is 42.5 Å². The van der Waals surface area contributed by atoms with Gasteiger partial charge in [-0.25, -0.2) is 5.48 Å². The van der Waals surface area contributed by atoms with Gasteiger partial charge in [-0.15, -0.1) is 0 Å². The van der Waals surface area contributed by atoms with Crippen molar-refractivity contribution in [1.29, 1.82) is 0 Å². The van der Waals surface area contributed by atoms with Crippen molar-refractivity contribution < 1.29 is 24.7 Å². The Bertz CT molecular complexity index is 873. The van der Waals surface area contributed by atoms with Gasteiger partial charge in [0.25, 0.3) is 0 Å². The van der Waals surface area contributed by atoms with Crippen molar-refractivity contribution in [1.82, 2.24) is 10.8 Å². The van der Waals surface area contributed by atoms with Crippen molar-refractivity contribution in [3.05, 3.63) is 65.7 Å². The largest absolute Gasteiger partial charge is 0.480 e. The van der Waals surface area contributed by atoms with Gasteiger partial charge in [0.2, 0.25) is 11.8 Å². The number of nitrogens with one attached hydrogen (secondary N) is 3. The summed E-state index contributed by atoms with van der Waals surface area (Å²) in [5.41, 5.74) is 4.10. The third kappa shape index (κ3) is 9.72. The molecule has 0 aliphatic heterocycles. The SMILES string of the molecule is O=C(CCCCCCC(=O)Nc1cccc(CNC(Cc2ccccc2)C(=O)O)c1)NO. The van der Waals surface area contributed by atoms with Crippen molar-refractivity contribution in [3.63, 3.8) is 0 Å². The molecule has 32 heavy (non-hydrogen) atoms. The molecule has 0 aliphatic rings. The molecule has 8 heteroatoms. The molecule has 1 atom stereocenters. The van der Waals surface area contributed by atoms with E-state index in [0.717, 1.165) is 24.0 Å². The summed E-state index contributed by atoms with van der Waals surface area (Å²) in [6, 6.07) is 16.1. The van der Waals surface area contributed by atoms with E-state index in [-0.39, 0.29) is 12.3 Å². The van der Waals surface area contributed by atoms with E-state index >= 15 is 0 Å². The molecule has 0 heterocycles. The van der Waals surface area contributed by atoms with Gasteiger partial charge in [0.05, 0.1) is 0 Å². The van der Waals surface area contributed by atoms with E-state index in [1.807, 2.05) is 48.5 Å². The molecule has 1 unspecified atom stereocenters. The lowest BCUT2D eigenvalue weighted by atomic mass is 10.1. The zero-order valence-electron chi connectivity index (χ0n) is 18.0. The number of hydrogen-bond acceptors (Lipinski definition) is 5. The van der Waals surface area contributed by atoms with E-state index in [9.17, 15) is 19.5 Å². The molecule has 0 spiro atoms. The fourth-order valence-electron chi connectivity index (χ4n) is 3.30. The smallest absolute Gasteiger partial charge is 0.321 e. The van der Waals surface area contributed by atoms with E-state index < -0.39 is 17.9 Å². The van der Waals surface area contributed by atoms with Gasteiger partial charge in [-0.2, -0.15) is 0 Å². The Morgan fingerprint density at radius 2 is 1.47 bits per heavy atom. The second-order valence-electron chi connectivity index (χ2n) is 7.66. The van der Waals surface area contributed by atoms with Crippen LogP contribution in [0.5, 0.6) is 0 Å². The molecule has 0 saturated carbocycles. The van der Waals surface area contributed by atoms with Crippen molar-refractivity contribution in [2.24, 2.45) is 0 Å². The third-order valence-corrected chi connectivity index (χ3v) is 5.03. The summed E-state index contributed by atoms with van der Waals surface area (Å²) < 4.78 is 0. The van der Waals surface area contributed by atoms with Gasteiger partial charge in [-0.1, -0.05) is 55.3 Å². The van der Waals surface area contributed by atoms with Crippen molar-refractivity contribution in [3.8, 4) is 0 Å². The number of carbonyl (C=O) groups excluding carboxylic acids is 2. The van der Waals surface area contributed by atoms with Gasteiger partial charge >= 0.3 is 5.97 Å². The molecule has 2 rings (SSSR count). The maximum Gasteiger partial charge on any atom is 0.321 e. The van der Waals surface area contributed by atoms with Crippen LogP contribution in [0.3, 0.4) is 0 Å². The molecule has 2 amide bonds. The number of carboxylic acids is 1. The summed E-state index contributed by atoms with van der Waals surface area (Å²) in [7, 11) is 0. The summed E-state index contributed by atoms with van der Waals surface area (Å²) in [5, 5.41) is 23.9. The van der Waals surface area contributed by atoms with Crippen LogP contribution in [-0.4, -0.2) is 34.1 Å². The lowest BCUT2D eigenvalue weighted by Crippen LogP contribution is -2.38. The van der Waals surface area contributed by atoms with Crippen LogP contribution in [0.4, 0.5) is 5.69 Å². The Labute approximate surface area is 188 Å². The van der Waals surface area contributed by atoms with Gasteiger partial charge in [0.1, 0.15) is 6.04 Å². The number of hydrogen-bond donors (Lipinski definition) is 5. The van der Waals surface area contributed by atoms with E-state index in [2.05, 4.69) is 10.6 Å². The molecular formula is C24H31N3O5. The maximum absolute atomic E-state index is 12.2. The lowest BCUT2D eigenvalue weighted by molar-refractivity contribution is -0.139. The van der Waals surface area contributed by atoms with Gasteiger partial charge < -0.3 is 15.7 Å². The summed E-state index contributed by atoms with van der Waals surface area (Å²) in [6.07, 6.45) is 4.07. The van der Waals surface area contributed by atoms with Crippen LogP contribution in [0.15, 0.2) is 54.6 Å². The number of carbonyl (C=O) groups is 3. The average molecular weight is 442 g/mol. The molecule has 2 aromatic rings. The quantitative estimate of drug-likeness (QED) is 0.174.